The van der Waals surface area contributed by atoms with Gasteiger partial charge in [-0.2, -0.15) is 5.10 Å². The lowest BCUT2D eigenvalue weighted by molar-refractivity contribution is 0.0170. The number of guanidine groups is 1. The first kappa shape index (κ1) is 21.6. The quantitative estimate of drug-likeness (QED) is 0.372. The monoisotopic (exact) mass is 484 g/mol. The Morgan fingerprint density at radius 1 is 1.19 bits per heavy atom. The van der Waals surface area contributed by atoms with Crippen LogP contribution in [0.5, 0.6) is 0 Å². The molecule has 2 heterocycles. The summed E-state index contributed by atoms with van der Waals surface area (Å²) in [5.74, 6) is 0.792. The van der Waals surface area contributed by atoms with Crippen molar-refractivity contribution in [3.63, 3.8) is 0 Å². The number of ether oxygens (including phenoxy) is 1. The normalized spacial score (nSPS) is 16.4. The van der Waals surface area contributed by atoms with Crippen molar-refractivity contribution < 1.29 is 4.74 Å². The third-order valence-corrected chi connectivity index (χ3v) is 4.72. The predicted octanol–water partition coefficient (Wildman–Crippen LogP) is 1.78. The molecule has 2 N–H and O–H groups in total. The summed E-state index contributed by atoms with van der Waals surface area (Å²) in [6, 6.07) is 12.9. The number of hydrogen-bond donors (Lipinski definition) is 2. The van der Waals surface area contributed by atoms with Crippen molar-refractivity contribution in [3.05, 3.63) is 53.9 Å². The zero-order chi connectivity index (χ0) is 18.2. The second-order valence-electron chi connectivity index (χ2n) is 6.33. The minimum Gasteiger partial charge on any atom is -0.379 e. The Kier molecular flexibility index (Phi) is 9.02. The SMILES string of the molecule is CN=C(NCc1ccnn1C)NCC(c1ccccc1)N1CCOCC1.I. The van der Waals surface area contributed by atoms with Gasteiger partial charge >= 0.3 is 0 Å². The molecule has 1 atom stereocenters. The number of nitrogens with zero attached hydrogens (tertiary/aromatic N) is 4. The van der Waals surface area contributed by atoms with Crippen LogP contribution in [0.2, 0.25) is 0 Å². The molecule has 2 aromatic rings. The molecule has 27 heavy (non-hydrogen) atoms. The van der Waals surface area contributed by atoms with Crippen LogP contribution in [0, 0.1) is 0 Å². The molecule has 1 aliphatic rings. The molecule has 1 saturated heterocycles. The fourth-order valence-electron chi connectivity index (χ4n) is 3.19. The van der Waals surface area contributed by atoms with Crippen LogP contribution in [0.15, 0.2) is 47.6 Å². The van der Waals surface area contributed by atoms with Gasteiger partial charge in [0.15, 0.2) is 5.96 Å². The largest absolute Gasteiger partial charge is 0.379 e. The van der Waals surface area contributed by atoms with Crippen LogP contribution < -0.4 is 10.6 Å². The Bertz CT molecular complexity index is 699. The summed E-state index contributed by atoms with van der Waals surface area (Å²) in [6.45, 7) is 4.94. The van der Waals surface area contributed by atoms with Crippen molar-refractivity contribution in [2.45, 2.75) is 12.6 Å². The van der Waals surface area contributed by atoms with Crippen molar-refractivity contribution in [2.24, 2.45) is 12.0 Å². The molecule has 0 aliphatic carbocycles. The third kappa shape index (κ3) is 6.18. The molecule has 7 nitrogen and oxygen atoms in total. The van der Waals surface area contributed by atoms with E-state index in [4.69, 9.17) is 4.74 Å². The summed E-state index contributed by atoms with van der Waals surface area (Å²) in [4.78, 5) is 6.82. The Labute approximate surface area is 178 Å². The number of hydrogen-bond acceptors (Lipinski definition) is 4. The Balaban J connectivity index is 0.00000261. The Morgan fingerprint density at radius 3 is 2.56 bits per heavy atom. The second-order valence-corrected chi connectivity index (χ2v) is 6.33. The van der Waals surface area contributed by atoms with Crippen molar-refractivity contribution in [3.8, 4) is 0 Å². The average Bonchev–Trinajstić information content (AvgIpc) is 3.11. The lowest BCUT2D eigenvalue weighted by Crippen LogP contribution is -2.46. The predicted molar refractivity (Wildman–Crippen MR) is 118 cm³/mol. The molecule has 3 rings (SSSR count). The van der Waals surface area contributed by atoms with Gasteiger partial charge in [-0.15, -0.1) is 24.0 Å². The topological polar surface area (TPSA) is 66.7 Å². The van der Waals surface area contributed by atoms with E-state index in [9.17, 15) is 0 Å². The molecule has 1 aromatic heterocycles. The summed E-state index contributed by atoms with van der Waals surface area (Å²) in [7, 11) is 3.74. The molecular weight excluding hydrogens is 455 g/mol. The highest BCUT2D eigenvalue weighted by atomic mass is 127. The summed E-state index contributed by atoms with van der Waals surface area (Å²) in [5, 5.41) is 11.0. The van der Waals surface area contributed by atoms with Gasteiger partial charge in [-0.3, -0.25) is 14.6 Å². The van der Waals surface area contributed by atoms with E-state index in [1.807, 2.05) is 17.8 Å². The lowest BCUT2D eigenvalue weighted by Gasteiger charge is -2.35. The van der Waals surface area contributed by atoms with Crippen molar-refractivity contribution >= 4 is 29.9 Å². The zero-order valence-electron chi connectivity index (χ0n) is 16.0. The van der Waals surface area contributed by atoms with Gasteiger partial charge in [0.25, 0.3) is 0 Å². The number of nitrogens with one attached hydrogen (secondary N) is 2. The van der Waals surface area contributed by atoms with Gasteiger partial charge in [-0.1, -0.05) is 30.3 Å². The lowest BCUT2D eigenvalue weighted by atomic mass is 10.0. The van der Waals surface area contributed by atoms with E-state index in [0.717, 1.165) is 44.5 Å². The average molecular weight is 484 g/mol. The first-order valence-corrected chi connectivity index (χ1v) is 9.06. The molecule has 1 unspecified atom stereocenters. The van der Waals surface area contributed by atoms with Crippen molar-refractivity contribution in [2.75, 3.05) is 39.9 Å². The first-order chi connectivity index (χ1) is 12.8. The van der Waals surface area contributed by atoms with Crippen LogP contribution in [0.4, 0.5) is 0 Å². The fourth-order valence-corrected chi connectivity index (χ4v) is 3.19. The molecule has 0 bridgehead atoms. The number of morpholine rings is 1. The van der Waals surface area contributed by atoms with Crippen LogP contribution in [-0.4, -0.2) is 60.5 Å². The smallest absolute Gasteiger partial charge is 0.191 e. The van der Waals surface area contributed by atoms with Crippen molar-refractivity contribution in [1.82, 2.24) is 25.3 Å². The van der Waals surface area contributed by atoms with Gasteiger partial charge < -0.3 is 15.4 Å². The maximum Gasteiger partial charge on any atom is 0.191 e. The summed E-state index contributed by atoms with van der Waals surface area (Å²) >= 11 is 0. The van der Waals surface area contributed by atoms with Gasteiger partial charge in [0.05, 0.1) is 31.5 Å². The van der Waals surface area contributed by atoms with Crippen LogP contribution in [0.1, 0.15) is 17.3 Å². The number of aromatic nitrogens is 2. The fraction of sp³-hybridized carbons (Fsp3) is 0.474. The summed E-state index contributed by atoms with van der Waals surface area (Å²) in [6.07, 6.45) is 1.80. The molecule has 0 amide bonds. The Morgan fingerprint density at radius 2 is 1.93 bits per heavy atom. The molecule has 0 saturated carbocycles. The van der Waals surface area contributed by atoms with Gasteiger partial charge in [0, 0.05) is 39.9 Å². The minimum absolute atomic E-state index is 0. The molecular formula is C19H29IN6O. The van der Waals surface area contributed by atoms with Gasteiger partial charge in [0.1, 0.15) is 0 Å². The van der Waals surface area contributed by atoms with E-state index < -0.39 is 0 Å². The van der Waals surface area contributed by atoms with E-state index in [2.05, 4.69) is 56.0 Å². The van der Waals surface area contributed by atoms with E-state index in [1.165, 1.54) is 5.56 Å². The Hall–Kier alpha value is -1.65. The number of aryl methyl sites for hydroxylation is 1. The van der Waals surface area contributed by atoms with Crippen LogP contribution in [-0.2, 0) is 18.3 Å². The zero-order valence-corrected chi connectivity index (χ0v) is 18.3. The minimum atomic E-state index is 0. The maximum absolute atomic E-state index is 5.52. The highest BCUT2D eigenvalue weighted by molar-refractivity contribution is 14.0. The number of benzene rings is 1. The molecule has 0 spiro atoms. The first-order valence-electron chi connectivity index (χ1n) is 9.06. The van der Waals surface area contributed by atoms with Crippen LogP contribution >= 0.6 is 24.0 Å². The molecule has 1 aliphatic heterocycles. The maximum atomic E-state index is 5.52. The second kappa shape index (κ2) is 11.3. The molecule has 1 fully saturated rings. The van der Waals surface area contributed by atoms with E-state index in [1.54, 1.807) is 13.2 Å². The van der Waals surface area contributed by atoms with Crippen molar-refractivity contribution in [1.29, 1.82) is 0 Å². The van der Waals surface area contributed by atoms with Gasteiger partial charge in [0.2, 0.25) is 0 Å². The highest BCUT2D eigenvalue weighted by Crippen LogP contribution is 2.20. The molecule has 8 heteroatoms. The third-order valence-electron chi connectivity index (χ3n) is 4.72. The van der Waals surface area contributed by atoms with E-state index in [0.29, 0.717) is 6.54 Å². The number of halogens is 1. The standard InChI is InChI=1S/C19H28N6O.HI/c1-20-19(21-14-17-8-9-23-24(17)2)22-15-18(16-6-4-3-5-7-16)25-10-12-26-13-11-25;/h3-9,18H,10-15H2,1-2H3,(H2,20,21,22);1H. The highest BCUT2D eigenvalue weighted by Gasteiger charge is 2.22. The molecule has 148 valence electrons. The summed E-state index contributed by atoms with van der Waals surface area (Å²) < 4.78 is 7.38. The van der Waals surface area contributed by atoms with Crippen LogP contribution in [0.3, 0.4) is 0 Å². The van der Waals surface area contributed by atoms with E-state index in [-0.39, 0.29) is 30.0 Å². The van der Waals surface area contributed by atoms with Gasteiger partial charge in [-0.25, -0.2) is 0 Å². The van der Waals surface area contributed by atoms with Gasteiger partial charge in [-0.05, 0) is 11.6 Å². The molecule has 1 aromatic carbocycles. The van der Waals surface area contributed by atoms with E-state index >= 15 is 0 Å². The number of aliphatic imine (C=N–C) groups is 1. The summed E-state index contributed by atoms with van der Waals surface area (Å²) in [5.41, 5.74) is 2.42. The molecule has 0 radical (unpaired) electrons. The number of rotatable bonds is 6. The van der Waals surface area contributed by atoms with Crippen LogP contribution in [0.25, 0.3) is 0 Å².